The maximum absolute atomic E-state index is 12.0. The van der Waals surface area contributed by atoms with E-state index in [4.69, 9.17) is 0 Å². The van der Waals surface area contributed by atoms with Crippen LogP contribution in [0.25, 0.3) is 10.9 Å². The molecule has 1 aliphatic heterocycles. The van der Waals surface area contributed by atoms with E-state index in [9.17, 15) is 9.59 Å². The number of aromatic nitrogens is 1. The van der Waals surface area contributed by atoms with E-state index in [1.165, 1.54) is 0 Å². The van der Waals surface area contributed by atoms with Crippen molar-refractivity contribution in [3.8, 4) is 0 Å². The minimum atomic E-state index is -0.240. The molecule has 1 unspecified atom stereocenters. The highest BCUT2D eigenvalue weighted by atomic mass is 79.9. The van der Waals surface area contributed by atoms with Crippen LogP contribution in [0.2, 0.25) is 0 Å². The molecule has 1 aliphatic rings. The van der Waals surface area contributed by atoms with E-state index < -0.39 is 0 Å². The van der Waals surface area contributed by atoms with Gasteiger partial charge < -0.3 is 4.57 Å². The maximum Gasteiger partial charge on any atom is 0.234 e. The van der Waals surface area contributed by atoms with Crippen LogP contribution in [-0.4, -0.2) is 16.4 Å². The molecule has 1 aromatic heterocycles. The first-order valence-corrected chi connectivity index (χ1v) is 6.94. The molecular formula is C14H13BrN2O2. The molecular weight excluding hydrogens is 308 g/mol. The highest BCUT2D eigenvalue weighted by molar-refractivity contribution is 9.10. The van der Waals surface area contributed by atoms with Crippen molar-refractivity contribution in [2.75, 3.05) is 0 Å². The number of piperidine rings is 1. The predicted octanol–water partition coefficient (Wildman–Crippen LogP) is 2.46. The van der Waals surface area contributed by atoms with E-state index in [-0.39, 0.29) is 17.7 Å². The number of amides is 2. The molecule has 0 bridgehead atoms. The smallest absolute Gasteiger partial charge is 0.234 e. The summed E-state index contributed by atoms with van der Waals surface area (Å²) in [6.07, 6.45) is 2.97. The lowest BCUT2D eigenvalue weighted by Gasteiger charge is -2.20. The van der Waals surface area contributed by atoms with Gasteiger partial charge >= 0.3 is 0 Å². The van der Waals surface area contributed by atoms with Crippen LogP contribution in [0.4, 0.5) is 0 Å². The number of carbonyl (C=O) groups is 2. The van der Waals surface area contributed by atoms with Crippen molar-refractivity contribution in [1.29, 1.82) is 0 Å². The summed E-state index contributed by atoms with van der Waals surface area (Å²) in [4.78, 5) is 23.2. The van der Waals surface area contributed by atoms with Gasteiger partial charge in [-0.15, -0.1) is 0 Å². The SMILES string of the molecule is Cn1cc(C2CCC(=O)NC2=O)c2cc(Br)ccc21. The average molecular weight is 321 g/mol. The van der Waals surface area contributed by atoms with Crippen LogP contribution in [0.15, 0.2) is 28.9 Å². The number of benzene rings is 1. The first-order chi connectivity index (χ1) is 9.06. The van der Waals surface area contributed by atoms with Crippen molar-refractivity contribution in [3.05, 3.63) is 34.4 Å². The number of rotatable bonds is 1. The standard InChI is InChI=1S/C14H13BrN2O2/c1-17-7-11(9-3-5-13(18)16-14(9)19)10-6-8(15)2-4-12(10)17/h2,4,6-7,9H,3,5H2,1H3,(H,16,18,19). The summed E-state index contributed by atoms with van der Waals surface area (Å²) in [5, 5.41) is 3.48. The maximum atomic E-state index is 12.0. The van der Waals surface area contributed by atoms with Crippen molar-refractivity contribution < 1.29 is 9.59 Å². The summed E-state index contributed by atoms with van der Waals surface area (Å²) in [7, 11) is 1.96. The number of hydrogen-bond donors (Lipinski definition) is 1. The minimum absolute atomic E-state index is 0.178. The zero-order chi connectivity index (χ0) is 13.6. The molecule has 19 heavy (non-hydrogen) atoms. The van der Waals surface area contributed by atoms with Gasteiger partial charge in [-0.25, -0.2) is 0 Å². The first kappa shape index (κ1) is 12.4. The Morgan fingerprint density at radius 3 is 2.89 bits per heavy atom. The Hall–Kier alpha value is -1.62. The Labute approximate surface area is 118 Å². The number of hydrogen-bond acceptors (Lipinski definition) is 2. The summed E-state index contributed by atoms with van der Waals surface area (Å²) in [6.45, 7) is 0. The number of halogens is 1. The summed E-state index contributed by atoms with van der Waals surface area (Å²) in [6, 6.07) is 6.03. The summed E-state index contributed by atoms with van der Waals surface area (Å²) in [5.41, 5.74) is 2.08. The monoisotopic (exact) mass is 320 g/mol. The van der Waals surface area contributed by atoms with Crippen molar-refractivity contribution >= 4 is 38.6 Å². The van der Waals surface area contributed by atoms with E-state index in [0.717, 1.165) is 20.9 Å². The van der Waals surface area contributed by atoms with Crippen LogP contribution in [-0.2, 0) is 16.6 Å². The highest BCUT2D eigenvalue weighted by Gasteiger charge is 2.30. The number of nitrogens with one attached hydrogen (secondary N) is 1. The van der Waals surface area contributed by atoms with Crippen LogP contribution in [0, 0.1) is 0 Å². The van der Waals surface area contributed by atoms with E-state index >= 15 is 0 Å². The molecule has 98 valence electrons. The van der Waals surface area contributed by atoms with Crippen molar-refractivity contribution in [2.24, 2.45) is 7.05 Å². The van der Waals surface area contributed by atoms with Gasteiger partial charge in [-0.1, -0.05) is 15.9 Å². The lowest BCUT2D eigenvalue weighted by molar-refractivity contribution is -0.134. The van der Waals surface area contributed by atoms with Gasteiger partial charge in [0.25, 0.3) is 0 Å². The lowest BCUT2D eigenvalue weighted by Crippen LogP contribution is -2.39. The second-order valence-electron chi connectivity index (χ2n) is 4.86. The van der Waals surface area contributed by atoms with Crippen LogP contribution < -0.4 is 5.32 Å². The molecule has 0 spiro atoms. The Bertz CT molecular complexity index is 690. The topological polar surface area (TPSA) is 51.1 Å². The Kier molecular flexibility index (Phi) is 2.93. The molecule has 2 aromatic rings. The zero-order valence-electron chi connectivity index (χ0n) is 10.4. The fourth-order valence-corrected chi connectivity index (χ4v) is 3.02. The number of imide groups is 1. The number of nitrogens with zero attached hydrogens (tertiary/aromatic N) is 1. The molecule has 0 aliphatic carbocycles. The fourth-order valence-electron chi connectivity index (χ4n) is 2.66. The Morgan fingerprint density at radius 1 is 1.37 bits per heavy atom. The van der Waals surface area contributed by atoms with Crippen molar-refractivity contribution in [1.82, 2.24) is 9.88 Å². The molecule has 0 radical (unpaired) electrons. The van der Waals surface area contributed by atoms with Crippen LogP contribution in [0.5, 0.6) is 0 Å². The second kappa shape index (κ2) is 4.49. The van der Waals surface area contributed by atoms with Crippen molar-refractivity contribution in [2.45, 2.75) is 18.8 Å². The summed E-state index contributed by atoms with van der Waals surface area (Å²) >= 11 is 3.46. The van der Waals surface area contributed by atoms with E-state index in [0.29, 0.717) is 12.8 Å². The minimum Gasteiger partial charge on any atom is -0.350 e. The normalized spacial score (nSPS) is 19.8. The molecule has 5 heteroatoms. The average Bonchev–Trinajstić information content (AvgIpc) is 2.66. The van der Waals surface area contributed by atoms with Gasteiger partial charge in [0.1, 0.15) is 0 Å². The third-order valence-electron chi connectivity index (χ3n) is 3.60. The number of carbonyl (C=O) groups excluding carboxylic acids is 2. The van der Waals surface area contributed by atoms with Gasteiger partial charge in [0.2, 0.25) is 11.8 Å². The molecule has 2 amide bonds. The van der Waals surface area contributed by atoms with Crippen LogP contribution in [0.1, 0.15) is 24.3 Å². The van der Waals surface area contributed by atoms with Gasteiger partial charge in [-0.05, 0) is 30.2 Å². The Balaban J connectivity index is 2.12. The quantitative estimate of drug-likeness (QED) is 0.821. The molecule has 0 saturated carbocycles. The Morgan fingerprint density at radius 2 is 2.16 bits per heavy atom. The third kappa shape index (κ3) is 2.08. The largest absolute Gasteiger partial charge is 0.350 e. The molecule has 2 heterocycles. The van der Waals surface area contributed by atoms with Gasteiger partial charge in [0.05, 0.1) is 5.92 Å². The van der Waals surface area contributed by atoms with E-state index in [2.05, 4.69) is 21.2 Å². The molecule has 1 aromatic carbocycles. The van der Waals surface area contributed by atoms with E-state index in [1.807, 2.05) is 36.0 Å². The van der Waals surface area contributed by atoms with Crippen LogP contribution >= 0.6 is 15.9 Å². The second-order valence-corrected chi connectivity index (χ2v) is 5.78. The van der Waals surface area contributed by atoms with Gasteiger partial charge in [0.15, 0.2) is 0 Å². The summed E-state index contributed by atoms with van der Waals surface area (Å²) < 4.78 is 3.00. The van der Waals surface area contributed by atoms with E-state index in [1.54, 1.807) is 0 Å². The lowest BCUT2D eigenvalue weighted by atomic mass is 9.90. The number of aryl methyl sites for hydroxylation is 1. The fraction of sp³-hybridized carbons (Fsp3) is 0.286. The van der Waals surface area contributed by atoms with Gasteiger partial charge in [-0.2, -0.15) is 0 Å². The van der Waals surface area contributed by atoms with Gasteiger partial charge in [-0.3, -0.25) is 14.9 Å². The molecule has 1 atom stereocenters. The molecule has 1 fully saturated rings. The highest BCUT2D eigenvalue weighted by Crippen LogP contribution is 2.33. The number of fused-ring (bicyclic) bond motifs is 1. The molecule has 4 nitrogen and oxygen atoms in total. The molecule has 1 N–H and O–H groups in total. The first-order valence-electron chi connectivity index (χ1n) is 6.14. The molecule has 1 saturated heterocycles. The zero-order valence-corrected chi connectivity index (χ0v) is 12.0. The third-order valence-corrected chi connectivity index (χ3v) is 4.09. The predicted molar refractivity (Wildman–Crippen MR) is 75.7 cm³/mol. The summed E-state index contributed by atoms with van der Waals surface area (Å²) in [5.74, 6) is -0.609. The molecule has 3 rings (SSSR count). The van der Waals surface area contributed by atoms with Crippen LogP contribution in [0.3, 0.4) is 0 Å². The van der Waals surface area contributed by atoms with Gasteiger partial charge in [0, 0.05) is 35.0 Å². The van der Waals surface area contributed by atoms with Crippen molar-refractivity contribution in [3.63, 3.8) is 0 Å².